The number of aromatic nitrogens is 1. The zero-order chi connectivity index (χ0) is 9.26. The lowest BCUT2D eigenvalue weighted by Crippen LogP contribution is -2.17. The Morgan fingerprint density at radius 2 is 2.54 bits per heavy atom. The molecule has 2 rings (SSSR count). The predicted molar refractivity (Wildman–Crippen MR) is 45.2 cm³/mol. The first-order valence-corrected chi connectivity index (χ1v) is 4.44. The Morgan fingerprint density at radius 1 is 1.69 bits per heavy atom. The fourth-order valence-electron chi connectivity index (χ4n) is 1.60. The fraction of sp³-hybridized carbons (Fsp3) is 0.667. The van der Waals surface area contributed by atoms with Crippen molar-refractivity contribution < 1.29 is 14.3 Å². The molecule has 1 heterocycles. The van der Waals surface area contributed by atoms with E-state index in [1.807, 2.05) is 0 Å². The quantitative estimate of drug-likeness (QED) is 0.732. The number of aliphatic hydroxyl groups is 1. The van der Waals surface area contributed by atoms with Gasteiger partial charge in [-0.05, 0) is 6.42 Å². The van der Waals surface area contributed by atoms with E-state index < -0.39 is 0 Å². The van der Waals surface area contributed by atoms with Crippen molar-refractivity contribution in [2.45, 2.75) is 32.0 Å². The molecular weight excluding hydrogens is 170 g/mol. The minimum absolute atomic E-state index is 0.256. The van der Waals surface area contributed by atoms with Crippen molar-refractivity contribution in [3.63, 3.8) is 0 Å². The summed E-state index contributed by atoms with van der Waals surface area (Å²) in [4.78, 5) is 4.24. The molecule has 1 N–H and O–H groups in total. The topological polar surface area (TPSA) is 55.5 Å². The van der Waals surface area contributed by atoms with Gasteiger partial charge in [0.1, 0.15) is 12.4 Å². The zero-order valence-corrected chi connectivity index (χ0v) is 7.62. The number of fused-ring (bicyclic) bond motifs is 1. The van der Waals surface area contributed by atoms with E-state index in [1.54, 1.807) is 7.11 Å². The average molecular weight is 183 g/mol. The number of rotatable bonds is 2. The van der Waals surface area contributed by atoms with Crippen molar-refractivity contribution in [1.29, 1.82) is 0 Å². The molecule has 1 aliphatic rings. The van der Waals surface area contributed by atoms with E-state index in [-0.39, 0.29) is 6.10 Å². The molecular formula is C9H13NO3. The molecule has 0 amide bonds. The molecule has 1 aliphatic carbocycles. The van der Waals surface area contributed by atoms with Crippen molar-refractivity contribution in [2.24, 2.45) is 0 Å². The monoisotopic (exact) mass is 183 g/mol. The standard InChI is InChI=1S/C9H13NO3/c1-12-5-9-10-7-4-6(11)2-3-8(7)13-9/h6,11H,2-5H2,1H3. The summed E-state index contributed by atoms with van der Waals surface area (Å²) in [6, 6.07) is 0. The van der Waals surface area contributed by atoms with Crippen LogP contribution < -0.4 is 0 Å². The van der Waals surface area contributed by atoms with Gasteiger partial charge in [-0.15, -0.1) is 0 Å². The van der Waals surface area contributed by atoms with Gasteiger partial charge in [0.15, 0.2) is 0 Å². The minimum Gasteiger partial charge on any atom is -0.443 e. The Bertz CT molecular complexity index is 295. The van der Waals surface area contributed by atoms with Crippen LogP contribution in [0, 0.1) is 0 Å². The Morgan fingerprint density at radius 3 is 3.31 bits per heavy atom. The van der Waals surface area contributed by atoms with Gasteiger partial charge in [-0.25, -0.2) is 4.98 Å². The summed E-state index contributed by atoms with van der Waals surface area (Å²) in [5, 5.41) is 9.38. The van der Waals surface area contributed by atoms with Gasteiger partial charge in [-0.2, -0.15) is 0 Å². The summed E-state index contributed by atoms with van der Waals surface area (Å²) in [7, 11) is 1.61. The number of oxazole rings is 1. The van der Waals surface area contributed by atoms with E-state index in [0.717, 1.165) is 24.3 Å². The Kier molecular flexibility index (Phi) is 2.33. The molecule has 1 atom stereocenters. The Hall–Kier alpha value is -0.870. The highest BCUT2D eigenvalue weighted by atomic mass is 16.5. The van der Waals surface area contributed by atoms with E-state index in [4.69, 9.17) is 9.15 Å². The maximum atomic E-state index is 9.38. The van der Waals surface area contributed by atoms with Crippen LogP contribution in [0.15, 0.2) is 4.42 Å². The second-order valence-corrected chi connectivity index (χ2v) is 3.31. The Balaban J connectivity index is 2.18. The number of ether oxygens (including phenoxy) is 1. The number of hydrogen-bond acceptors (Lipinski definition) is 4. The van der Waals surface area contributed by atoms with Crippen molar-refractivity contribution >= 4 is 0 Å². The van der Waals surface area contributed by atoms with Gasteiger partial charge in [0, 0.05) is 20.0 Å². The van der Waals surface area contributed by atoms with Crippen LogP contribution in [-0.4, -0.2) is 23.3 Å². The number of methoxy groups -OCH3 is 1. The normalized spacial score (nSPS) is 21.5. The van der Waals surface area contributed by atoms with Gasteiger partial charge in [0.25, 0.3) is 0 Å². The average Bonchev–Trinajstić information content (AvgIpc) is 2.46. The minimum atomic E-state index is -0.256. The van der Waals surface area contributed by atoms with Crippen LogP contribution in [0.25, 0.3) is 0 Å². The smallest absolute Gasteiger partial charge is 0.220 e. The first kappa shape index (κ1) is 8.72. The highest BCUT2D eigenvalue weighted by molar-refractivity contribution is 5.14. The van der Waals surface area contributed by atoms with Crippen LogP contribution >= 0.6 is 0 Å². The van der Waals surface area contributed by atoms with Crippen molar-refractivity contribution in [1.82, 2.24) is 4.98 Å². The summed E-state index contributed by atoms with van der Waals surface area (Å²) >= 11 is 0. The molecule has 0 aromatic carbocycles. The third-order valence-electron chi connectivity index (χ3n) is 2.22. The molecule has 72 valence electrons. The summed E-state index contributed by atoms with van der Waals surface area (Å²) < 4.78 is 10.4. The first-order chi connectivity index (χ1) is 6.29. The molecule has 1 aromatic rings. The lowest BCUT2D eigenvalue weighted by Gasteiger charge is -2.13. The lowest BCUT2D eigenvalue weighted by atomic mass is 9.99. The Labute approximate surface area is 76.5 Å². The van der Waals surface area contributed by atoms with Crippen LogP contribution in [0.5, 0.6) is 0 Å². The van der Waals surface area contributed by atoms with Gasteiger partial charge in [-0.1, -0.05) is 0 Å². The van der Waals surface area contributed by atoms with Crippen LogP contribution in [0.3, 0.4) is 0 Å². The molecule has 1 unspecified atom stereocenters. The van der Waals surface area contributed by atoms with Crippen LogP contribution in [-0.2, 0) is 24.2 Å². The summed E-state index contributed by atoms with van der Waals surface area (Å²) in [6.45, 7) is 0.406. The molecule has 0 aliphatic heterocycles. The molecule has 4 nitrogen and oxygen atoms in total. The molecule has 0 radical (unpaired) electrons. The summed E-state index contributed by atoms with van der Waals surface area (Å²) in [5.41, 5.74) is 0.894. The molecule has 0 saturated heterocycles. The van der Waals surface area contributed by atoms with E-state index >= 15 is 0 Å². The highest BCUT2D eigenvalue weighted by Crippen LogP contribution is 2.22. The molecule has 0 saturated carbocycles. The van der Waals surface area contributed by atoms with Gasteiger partial charge in [-0.3, -0.25) is 0 Å². The summed E-state index contributed by atoms with van der Waals surface area (Å²) in [6.07, 6.45) is 1.91. The van der Waals surface area contributed by atoms with Crippen molar-refractivity contribution in [2.75, 3.05) is 7.11 Å². The molecule has 4 heteroatoms. The number of aliphatic hydroxyl groups excluding tert-OH is 1. The first-order valence-electron chi connectivity index (χ1n) is 4.44. The van der Waals surface area contributed by atoms with E-state index in [0.29, 0.717) is 18.9 Å². The zero-order valence-electron chi connectivity index (χ0n) is 7.62. The van der Waals surface area contributed by atoms with Crippen LogP contribution in [0.4, 0.5) is 0 Å². The maximum Gasteiger partial charge on any atom is 0.220 e. The maximum absolute atomic E-state index is 9.38. The van der Waals surface area contributed by atoms with E-state index in [2.05, 4.69) is 4.98 Å². The van der Waals surface area contributed by atoms with Gasteiger partial charge >= 0.3 is 0 Å². The summed E-state index contributed by atoms with van der Waals surface area (Å²) in [5.74, 6) is 1.53. The number of hydrogen-bond donors (Lipinski definition) is 1. The molecule has 13 heavy (non-hydrogen) atoms. The SMILES string of the molecule is COCc1nc2c(o1)CCC(O)C2. The van der Waals surface area contributed by atoms with Crippen molar-refractivity contribution in [3.8, 4) is 0 Å². The van der Waals surface area contributed by atoms with E-state index in [1.165, 1.54) is 0 Å². The lowest BCUT2D eigenvalue weighted by molar-refractivity contribution is 0.149. The van der Waals surface area contributed by atoms with E-state index in [9.17, 15) is 5.11 Å². The largest absolute Gasteiger partial charge is 0.443 e. The van der Waals surface area contributed by atoms with Crippen LogP contribution in [0.1, 0.15) is 23.8 Å². The number of nitrogens with zero attached hydrogens (tertiary/aromatic N) is 1. The molecule has 0 bridgehead atoms. The number of aryl methyl sites for hydroxylation is 1. The molecule has 1 aromatic heterocycles. The van der Waals surface area contributed by atoms with Crippen LogP contribution in [0.2, 0.25) is 0 Å². The van der Waals surface area contributed by atoms with Gasteiger partial charge in [0.05, 0.1) is 11.8 Å². The molecule has 0 fully saturated rings. The van der Waals surface area contributed by atoms with Gasteiger partial charge < -0.3 is 14.3 Å². The third kappa shape index (κ3) is 1.73. The third-order valence-corrected chi connectivity index (χ3v) is 2.22. The highest BCUT2D eigenvalue weighted by Gasteiger charge is 2.22. The second-order valence-electron chi connectivity index (χ2n) is 3.31. The predicted octanol–water partition coefficient (Wildman–Crippen LogP) is 0.671. The van der Waals surface area contributed by atoms with Crippen molar-refractivity contribution in [3.05, 3.63) is 17.3 Å². The second kappa shape index (κ2) is 3.47. The fourth-order valence-corrected chi connectivity index (χ4v) is 1.60. The van der Waals surface area contributed by atoms with Gasteiger partial charge in [0.2, 0.25) is 5.89 Å². The molecule has 0 spiro atoms.